The molecule has 3 rings (SSSR count). The molecule has 0 unspecified atom stereocenters. The number of aromatic amines is 1. The van der Waals surface area contributed by atoms with Crippen molar-refractivity contribution in [1.29, 1.82) is 0 Å². The lowest BCUT2D eigenvalue weighted by Gasteiger charge is -2.06. The van der Waals surface area contributed by atoms with Gasteiger partial charge >= 0.3 is 5.97 Å². The van der Waals surface area contributed by atoms with Crippen molar-refractivity contribution in [2.24, 2.45) is 5.92 Å². The van der Waals surface area contributed by atoms with Gasteiger partial charge in [0.15, 0.2) is 0 Å². The average molecular weight is 326 g/mol. The Balaban J connectivity index is 1.96. The maximum absolute atomic E-state index is 12.1. The highest BCUT2D eigenvalue weighted by atomic mass is 16.5. The van der Waals surface area contributed by atoms with Crippen LogP contribution in [-0.4, -0.2) is 25.7 Å². The Kier molecular flexibility index (Phi) is 4.64. The molecule has 0 fully saturated rings. The number of rotatable bonds is 6. The first kappa shape index (κ1) is 16.2. The van der Waals surface area contributed by atoms with Gasteiger partial charge in [-0.2, -0.15) is 9.78 Å². The number of para-hydroxylation sites is 2. The van der Waals surface area contributed by atoms with E-state index >= 15 is 0 Å². The molecule has 2 aromatic heterocycles. The summed E-state index contributed by atoms with van der Waals surface area (Å²) in [6.07, 6.45) is 2.16. The number of hydrogen-bond donors (Lipinski definition) is 1. The fourth-order valence-electron chi connectivity index (χ4n) is 2.54. The number of carbonyl (C=O) groups excluding carboxylic acids is 1. The molecule has 1 N–H and O–H groups in total. The van der Waals surface area contributed by atoms with E-state index in [2.05, 4.69) is 22.0 Å². The van der Waals surface area contributed by atoms with Gasteiger partial charge in [-0.1, -0.05) is 39.3 Å². The number of fused-ring (bicyclic) bond motifs is 1. The molecule has 0 saturated carbocycles. The van der Waals surface area contributed by atoms with E-state index in [9.17, 15) is 4.79 Å². The molecule has 24 heavy (non-hydrogen) atoms. The Morgan fingerprint density at radius 1 is 1.33 bits per heavy atom. The Hall–Kier alpha value is -2.63. The lowest BCUT2D eigenvalue weighted by molar-refractivity contribution is -0.135. The zero-order valence-corrected chi connectivity index (χ0v) is 14.2. The molecule has 0 radical (unpaired) electrons. The number of H-pyrrole nitrogens is 1. The van der Waals surface area contributed by atoms with E-state index in [-0.39, 0.29) is 11.9 Å². The molecule has 0 aliphatic carbocycles. The summed E-state index contributed by atoms with van der Waals surface area (Å²) in [5.74, 6) is 0.939. The van der Waals surface area contributed by atoms with E-state index in [4.69, 9.17) is 4.74 Å². The maximum Gasteiger partial charge on any atom is 0.312 e. The van der Waals surface area contributed by atoms with Crippen molar-refractivity contribution < 1.29 is 9.53 Å². The van der Waals surface area contributed by atoms with E-state index in [1.807, 2.05) is 44.2 Å². The molecule has 126 valence electrons. The second kappa shape index (κ2) is 6.86. The predicted octanol–water partition coefficient (Wildman–Crippen LogP) is 3.65. The van der Waals surface area contributed by atoms with Gasteiger partial charge < -0.3 is 9.72 Å². The molecular weight excluding hydrogens is 304 g/mol. The number of nitrogens with one attached hydrogen (secondary N) is 1. The van der Waals surface area contributed by atoms with Crippen molar-refractivity contribution in [3.63, 3.8) is 0 Å². The fourth-order valence-corrected chi connectivity index (χ4v) is 2.54. The van der Waals surface area contributed by atoms with E-state index < -0.39 is 0 Å². The van der Waals surface area contributed by atoms with Gasteiger partial charge in [0, 0.05) is 12.5 Å². The predicted molar refractivity (Wildman–Crippen MR) is 92.3 cm³/mol. The van der Waals surface area contributed by atoms with Gasteiger partial charge in [-0.05, 0) is 24.5 Å². The highest BCUT2D eigenvalue weighted by Crippen LogP contribution is 2.22. The van der Waals surface area contributed by atoms with Gasteiger partial charge in [-0.15, -0.1) is 0 Å². The highest BCUT2D eigenvalue weighted by molar-refractivity contribution is 5.76. The number of carbonyl (C=O) groups is 1. The highest BCUT2D eigenvalue weighted by Gasteiger charge is 2.17. The number of ether oxygens (including phenoxy) is 1. The van der Waals surface area contributed by atoms with E-state index in [0.29, 0.717) is 18.2 Å². The summed E-state index contributed by atoms with van der Waals surface area (Å²) >= 11 is 0. The molecule has 6 heteroatoms. The van der Waals surface area contributed by atoms with Gasteiger partial charge in [0.05, 0.1) is 16.7 Å². The lowest BCUT2D eigenvalue weighted by Crippen LogP contribution is -2.13. The molecule has 6 nitrogen and oxygen atoms in total. The molecule has 0 bridgehead atoms. The molecule has 0 atom stereocenters. The Bertz CT molecular complexity index is 815. The SMILES string of the molecule is CCCc1cc(OC(=O)CC(C)C)n(-c2nc3ccccc3[nH]2)n1. The molecular formula is C18H22N4O2. The van der Waals surface area contributed by atoms with Crippen LogP contribution in [0.5, 0.6) is 5.88 Å². The number of aromatic nitrogens is 4. The van der Waals surface area contributed by atoms with Crippen molar-refractivity contribution in [2.45, 2.75) is 40.0 Å². The van der Waals surface area contributed by atoms with Gasteiger partial charge in [0.2, 0.25) is 11.8 Å². The van der Waals surface area contributed by atoms with Crippen molar-refractivity contribution in [3.05, 3.63) is 36.0 Å². The van der Waals surface area contributed by atoms with Crippen molar-refractivity contribution in [3.8, 4) is 11.8 Å². The standard InChI is InChI=1S/C18H22N4O2/c1-4-7-13-11-16(24-17(23)10-12(2)3)22(21-13)18-19-14-8-5-6-9-15(14)20-18/h5-6,8-9,11-12H,4,7,10H2,1-3H3,(H,19,20). The summed E-state index contributed by atoms with van der Waals surface area (Å²) < 4.78 is 7.11. The summed E-state index contributed by atoms with van der Waals surface area (Å²) in [6, 6.07) is 9.57. The number of benzene rings is 1. The summed E-state index contributed by atoms with van der Waals surface area (Å²) in [4.78, 5) is 19.8. The number of nitrogens with zero attached hydrogens (tertiary/aromatic N) is 3. The monoisotopic (exact) mass is 326 g/mol. The van der Waals surface area contributed by atoms with E-state index in [0.717, 1.165) is 29.6 Å². The third-order valence-corrected chi connectivity index (χ3v) is 3.60. The van der Waals surface area contributed by atoms with E-state index in [1.54, 1.807) is 4.68 Å². The normalized spacial score (nSPS) is 11.3. The Morgan fingerprint density at radius 2 is 2.12 bits per heavy atom. The van der Waals surface area contributed by atoms with Crippen LogP contribution in [0.1, 0.15) is 39.3 Å². The molecule has 3 aromatic rings. The number of hydrogen-bond acceptors (Lipinski definition) is 4. The van der Waals surface area contributed by atoms with Crippen molar-refractivity contribution in [2.75, 3.05) is 0 Å². The van der Waals surface area contributed by atoms with Crippen LogP contribution in [-0.2, 0) is 11.2 Å². The minimum absolute atomic E-state index is 0.246. The van der Waals surface area contributed by atoms with Crippen molar-refractivity contribution in [1.82, 2.24) is 19.7 Å². The lowest BCUT2D eigenvalue weighted by atomic mass is 10.1. The molecule has 0 saturated heterocycles. The van der Waals surface area contributed by atoms with Crippen LogP contribution < -0.4 is 4.74 Å². The van der Waals surface area contributed by atoms with Crippen LogP contribution in [0.2, 0.25) is 0 Å². The molecule has 0 aliphatic heterocycles. The minimum atomic E-state index is -0.259. The van der Waals surface area contributed by atoms with Gasteiger partial charge in [0.25, 0.3) is 0 Å². The second-order valence-electron chi connectivity index (χ2n) is 6.29. The number of aryl methyl sites for hydroxylation is 1. The third-order valence-electron chi connectivity index (χ3n) is 3.60. The van der Waals surface area contributed by atoms with Crippen LogP contribution >= 0.6 is 0 Å². The largest absolute Gasteiger partial charge is 0.407 e. The average Bonchev–Trinajstić information content (AvgIpc) is 3.10. The molecule has 1 aromatic carbocycles. The summed E-state index contributed by atoms with van der Waals surface area (Å²) in [6.45, 7) is 6.06. The van der Waals surface area contributed by atoms with Crippen LogP contribution in [0.3, 0.4) is 0 Å². The first-order chi connectivity index (χ1) is 11.6. The first-order valence-electron chi connectivity index (χ1n) is 8.31. The fraction of sp³-hybridized carbons (Fsp3) is 0.389. The van der Waals surface area contributed by atoms with Crippen molar-refractivity contribution >= 4 is 17.0 Å². The molecule has 0 spiro atoms. The molecule has 0 aliphatic rings. The third kappa shape index (κ3) is 3.48. The van der Waals surface area contributed by atoms with Gasteiger partial charge in [-0.3, -0.25) is 4.79 Å². The number of esters is 1. The minimum Gasteiger partial charge on any atom is -0.407 e. The zero-order chi connectivity index (χ0) is 17.1. The topological polar surface area (TPSA) is 72.8 Å². The maximum atomic E-state index is 12.1. The molecule has 0 amide bonds. The van der Waals surface area contributed by atoms with Crippen LogP contribution in [0.4, 0.5) is 0 Å². The van der Waals surface area contributed by atoms with Gasteiger partial charge in [0.1, 0.15) is 0 Å². The first-order valence-corrected chi connectivity index (χ1v) is 8.31. The van der Waals surface area contributed by atoms with E-state index in [1.165, 1.54) is 0 Å². The Labute approximate surface area is 140 Å². The van der Waals surface area contributed by atoms with Gasteiger partial charge in [-0.25, -0.2) is 4.98 Å². The second-order valence-corrected chi connectivity index (χ2v) is 6.29. The number of imidazole rings is 1. The Morgan fingerprint density at radius 3 is 2.83 bits per heavy atom. The van der Waals surface area contributed by atoms with Crippen LogP contribution in [0, 0.1) is 5.92 Å². The molecule has 2 heterocycles. The summed E-state index contributed by atoms with van der Waals surface area (Å²) in [7, 11) is 0. The summed E-state index contributed by atoms with van der Waals surface area (Å²) in [5, 5.41) is 4.54. The summed E-state index contributed by atoms with van der Waals surface area (Å²) in [5.41, 5.74) is 2.64. The quantitative estimate of drug-likeness (QED) is 0.702. The van der Waals surface area contributed by atoms with Crippen LogP contribution in [0.15, 0.2) is 30.3 Å². The zero-order valence-electron chi connectivity index (χ0n) is 14.2. The smallest absolute Gasteiger partial charge is 0.312 e. The van der Waals surface area contributed by atoms with Crippen LogP contribution in [0.25, 0.3) is 17.0 Å².